The molecule has 0 fully saturated rings. The highest BCUT2D eigenvalue weighted by Crippen LogP contribution is 2.29. The molecule has 162 valence electrons. The van der Waals surface area contributed by atoms with Gasteiger partial charge in [0, 0.05) is 17.8 Å². The highest BCUT2D eigenvalue weighted by Gasteiger charge is 2.13. The number of pyridine rings is 2. The van der Waals surface area contributed by atoms with Crippen molar-refractivity contribution >= 4 is 28.4 Å². The van der Waals surface area contributed by atoms with Crippen LogP contribution in [0.2, 0.25) is 5.02 Å². The number of aromatic nitrogens is 2. The van der Waals surface area contributed by atoms with E-state index in [1.807, 2.05) is 55.5 Å². The lowest BCUT2D eigenvalue weighted by Crippen LogP contribution is -2.31. The van der Waals surface area contributed by atoms with Crippen molar-refractivity contribution in [1.29, 1.82) is 0 Å². The predicted molar refractivity (Wildman–Crippen MR) is 124 cm³/mol. The molecule has 32 heavy (non-hydrogen) atoms. The number of nitrogens with one attached hydrogen (secondary N) is 1. The van der Waals surface area contributed by atoms with E-state index in [9.17, 15) is 4.79 Å². The fourth-order valence-corrected chi connectivity index (χ4v) is 3.47. The average molecular weight is 448 g/mol. The van der Waals surface area contributed by atoms with Gasteiger partial charge in [-0.05, 0) is 61.0 Å². The largest absolute Gasteiger partial charge is 0.487 e. The Kier molecular flexibility index (Phi) is 6.82. The first-order valence-corrected chi connectivity index (χ1v) is 10.6. The Balaban J connectivity index is 1.34. The Morgan fingerprint density at radius 1 is 1.00 bits per heavy atom. The van der Waals surface area contributed by atoms with E-state index >= 15 is 0 Å². The van der Waals surface area contributed by atoms with Crippen LogP contribution < -0.4 is 14.8 Å². The number of hydrogen-bond donors (Lipinski definition) is 1. The molecule has 7 heteroatoms. The van der Waals surface area contributed by atoms with Crippen LogP contribution in [-0.4, -0.2) is 22.5 Å². The molecule has 2 heterocycles. The summed E-state index contributed by atoms with van der Waals surface area (Å²) in [6.07, 6.45) is 3.40. The van der Waals surface area contributed by atoms with Gasteiger partial charge in [0.05, 0.1) is 16.8 Å². The Hall–Kier alpha value is -3.64. The van der Waals surface area contributed by atoms with Crippen LogP contribution in [0, 0.1) is 0 Å². The van der Waals surface area contributed by atoms with E-state index in [2.05, 4.69) is 15.3 Å². The molecule has 0 spiro atoms. The first-order chi connectivity index (χ1) is 15.6. The van der Waals surface area contributed by atoms with Gasteiger partial charge in [-0.25, -0.2) is 0 Å². The van der Waals surface area contributed by atoms with E-state index in [0.29, 0.717) is 28.6 Å². The number of ether oxygens (including phenoxy) is 2. The normalized spacial score (nSPS) is 11.7. The lowest BCUT2D eigenvalue weighted by molar-refractivity contribution is -0.123. The number of rotatable bonds is 8. The number of carbonyl (C=O) groups is 1. The van der Waals surface area contributed by atoms with Gasteiger partial charge in [-0.3, -0.25) is 14.8 Å². The predicted octanol–water partition coefficient (Wildman–Crippen LogP) is 5.12. The van der Waals surface area contributed by atoms with Crippen LogP contribution in [0.4, 0.5) is 0 Å². The second kappa shape index (κ2) is 10.1. The van der Waals surface area contributed by atoms with Crippen LogP contribution in [-0.2, 0) is 11.4 Å². The molecule has 1 amide bonds. The molecule has 0 saturated carbocycles. The van der Waals surface area contributed by atoms with Gasteiger partial charge in [0.2, 0.25) is 0 Å². The molecule has 0 radical (unpaired) electrons. The third-order valence-electron chi connectivity index (χ3n) is 4.89. The van der Waals surface area contributed by atoms with Crippen molar-refractivity contribution in [2.75, 3.05) is 6.61 Å². The molecule has 6 nitrogen and oxygen atoms in total. The van der Waals surface area contributed by atoms with Crippen LogP contribution in [0.5, 0.6) is 11.5 Å². The first-order valence-electron chi connectivity index (χ1n) is 10.2. The molecule has 0 aliphatic carbocycles. The van der Waals surface area contributed by atoms with Gasteiger partial charge in [0.25, 0.3) is 5.91 Å². The van der Waals surface area contributed by atoms with Gasteiger partial charge >= 0.3 is 0 Å². The number of amides is 1. The van der Waals surface area contributed by atoms with Crippen molar-refractivity contribution in [3.8, 4) is 11.5 Å². The van der Waals surface area contributed by atoms with Crippen molar-refractivity contribution in [3.05, 3.63) is 95.4 Å². The van der Waals surface area contributed by atoms with Gasteiger partial charge in [-0.1, -0.05) is 29.8 Å². The van der Waals surface area contributed by atoms with Crippen molar-refractivity contribution < 1.29 is 14.3 Å². The van der Waals surface area contributed by atoms with E-state index in [0.717, 1.165) is 16.6 Å². The van der Waals surface area contributed by atoms with E-state index in [1.165, 1.54) is 0 Å². The molecule has 4 aromatic rings. The molecule has 0 aliphatic heterocycles. The van der Waals surface area contributed by atoms with Gasteiger partial charge in [0.15, 0.2) is 6.61 Å². The highest BCUT2D eigenvalue weighted by molar-refractivity contribution is 6.35. The SMILES string of the molecule is CC(NC(=O)COc1ccc(Cl)c2cccnc12)c1cccc(OCc2ccccn2)c1. The minimum atomic E-state index is -0.240. The number of carbonyl (C=O) groups excluding carboxylic acids is 1. The summed E-state index contributed by atoms with van der Waals surface area (Å²) >= 11 is 6.21. The van der Waals surface area contributed by atoms with Crippen LogP contribution in [0.25, 0.3) is 10.9 Å². The van der Waals surface area contributed by atoms with Crippen molar-refractivity contribution in [1.82, 2.24) is 15.3 Å². The maximum atomic E-state index is 12.5. The van der Waals surface area contributed by atoms with Crippen LogP contribution in [0.1, 0.15) is 24.2 Å². The zero-order chi connectivity index (χ0) is 22.3. The summed E-state index contributed by atoms with van der Waals surface area (Å²) < 4.78 is 11.5. The monoisotopic (exact) mass is 447 g/mol. The number of fused-ring (bicyclic) bond motifs is 1. The fourth-order valence-electron chi connectivity index (χ4n) is 3.25. The lowest BCUT2D eigenvalue weighted by Gasteiger charge is -2.16. The molecule has 1 unspecified atom stereocenters. The topological polar surface area (TPSA) is 73.3 Å². The van der Waals surface area contributed by atoms with Crippen molar-refractivity contribution in [2.24, 2.45) is 0 Å². The first kappa shape index (κ1) is 21.6. The van der Waals surface area contributed by atoms with Crippen molar-refractivity contribution in [2.45, 2.75) is 19.6 Å². The second-order valence-corrected chi connectivity index (χ2v) is 7.61. The summed E-state index contributed by atoms with van der Waals surface area (Å²) in [4.78, 5) is 21.0. The number of halogens is 1. The summed E-state index contributed by atoms with van der Waals surface area (Å²) in [6.45, 7) is 2.16. The van der Waals surface area contributed by atoms with Crippen LogP contribution in [0.15, 0.2) is 79.1 Å². The molecule has 1 N–H and O–H groups in total. The van der Waals surface area contributed by atoms with Crippen LogP contribution in [0.3, 0.4) is 0 Å². The summed E-state index contributed by atoms with van der Waals surface area (Å²) in [6, 6.07) is 20.2. The van der Waals surface area contributed by atoms with E-state index in [4.69, 9.17) is 21.1 Å². The molecule has 0 aliphatic rings. The zero-order valence-corrected chi connectivity index (χ0v) is 18.3. The molecular formula is C25H22ClN3O3. The highest BCUT2D eigenvalue weighted by atomic mass is 35.5. The van der Waals surface area contributed by atoms with Gasteiger partial charge in [-0.2, -0.15) is 0 Å². The third-order valence-corrected chi connectivity index (χ3v) is 5.22. The van der Waals surface area contributed by atoms with Crippen LogP contribution >= 0.6 is 11.6 Å². The number of hydrogen-bond acceptors (Lipinski definition) is 5. The smallest absolute Gasteiger partial charge is 0.258 e. The fraction of sp³-hybridized carbons (Fsp3) is 0.160. The Bertz CT molecular complexity index is 1220. The van der Waals surface area contributed by atoms with Gasteiger partial charge in [0.1, 0.15) is 23.6 Å². The molecule has 0 bridgehead atoms. The molecule has 2 aromatic carbocycles. The molecule has 4 rings (SSSR count). The Labute approximate surface area is 191 Å². The molecule has 0 saturated heterocycles. The Morgan fingerprint density at radius 2 is 1.88 bits per heavy atom. The summed E-state index contributed by atoms with van der Waals surface area (Å²) in [5, 5.41) is 4.32. The number of benzene rings is 2. The molecule has 1 atom stereocenters. The van der Waals surface area contributed by atoms with Crippen molar-refractivity contribution in [3.63, 3.8) is 0 Å². The minimum absolute atomic E-state index is 0.131. The Morgan fingerprint density at radius 3 is 2.72 bits per heavy atom. The summed E-state index contributed by atoms with van der Waals surface area (Å²) in [7, 11) is 0. The zero-order valence-electron chi connectivity index (χ0n) is 17.5. The minimum Gasteiger partial charge on any atom is -0.487 e. The van der Waals surface area contributed by atoms with E-state index in [1.54, 1.807) is 30.6 Å². The summed E-state index contributed by atoms with van der Waals surface area (Å²) in [5.41, 5.74) is 2.40. The van der Waals surface area contributed by atoms with Gasteiger partial charge < -0.3 is 14.8 Å². The average Bonchev–Trinajstić information content (AvgIpc) is 2.83. The standard InChI is InChI=1S/C25H22ClN3O3/c1-17(18-6-4-8-20(14-18)31-15-19-7-2-3-12-27-19)29-24(30)16-32-23-11-10-22(26)21-9-5-13-28-25(21)23/h2-14,17H,15-16H2,1H3,(H,29,30). The maximum Gasteiger partial charge on any atom is 0.258 e. The van der Waals surface area contributed by atoms with Gasteiger partial charge in [-0.15, -0.1) is 0 Å². The third kappa shape index (κ3) is 5.34. The summed E-state index contributed by atoms with van der Waals surface area (Å²) in [5.74, 6) is 0.985. The number of nitrogens with zero attached hydrogens (tertiary/aromatic N) is 2. The van der Waals surface area contributed by atoms with E-state index < -0.39 is 0 Å². The molecule has 2 aromatic heterocycles. The second-order valence-electron chi connectivity index (χ2n) is 7.21. The molecular weight excluding hydrogens is 426 g/mol. The quantitative estimate of drug-likeness (QED) is 0.406. The lowest BCUT2D eigenvalue weighted by atomic mass is 10.1. The maximum absolute atomic E-state index is 12.5. The van der Waals surface area contributed by atoms with E-state index in [-0.39, 0.29) is 18.6 Å².